The third-order valence-electron chi connectivity index (χ3n) is 6.52. The SMILES string of the molecule is CC1=N/C(=C2\CN(C(=O)c3ccc(F)cc3OC3CCN(CCCO)C[C@@H]3F)CC2=N)NC(C)=C1Cl. The van der Waals surface area contributed by atoms with Crippen LogP contribution in [0, 0.1) is 11.2 Å². The van der Waals surface area contributed by atoms with E-state index < -0.39 is 24.0 Å². The van der Waals surface area contributed by atoms with Crippen molar-refractivity contribution < 1.29 is 23.4 Å². The van der Waals surface area contributed by atoms with Crippen LogP contribution in [-0.4, -0.2) is 83.8 Å². The quantitative estimate of drug-likeness (QED) is 0.533. The van der Waals surface area contributed by atoms with Crippen LogP contribution in [0.5, 0.6) is 5.75 Å². The summed E-state index contributed by atoms with van der Waals surface area (Å²) in [4.78, 5) is 21.2. The molecule has 3 aliphatic rings. The van der Waals surface area contributed by atoms with Gasteiger partial charge in [0.15, 0.2) is 0 Å². The van der Waals surface area contributed by atoms with Crippen molar-refractivity contribution in [3.8, 4) is 5.75 Å². The highest BCUT2D eigenvalue weighted by molar-refractivity contribution is 6.43. The molecule has 4 rings (SSSR count). The van der Waals surface area contributed by atoms with Gasteiger partial charge in [0.1, 0.15) is 29.7 Å². The molecule has 0 spiro atoms. The first-order chi connectivity index (χ1) is 17.2. The normalized spacial score (nSPS) is 25.2. The van der Waals surface area contributed by atoms with E-state index in [2.05, 4.69) is 10.3 Å². The predicted molar refractivity (Wildman–Crippen MR) is 134 cm³/mol. The van der Waals surface area contributed by atoms with Crippen LogP contribution in [-0.2, 0) is 0 Å². The maximum atomic E-state index is 14.9. The first-order valence-electron chi connectivity index (χ1n) is 11.9. The number of piperidine rings is 1. The minimum absolute atomic E-state index is 0.0145. The van der Waals surface area contributed by atoms with Gasteiger partial charge >= 0.3 is 0 Å². The molecule has 3 heterocycles. The standard InChI is InChI=1S/C25H30ClF2N5O3/c1-14-23(26)15(2)31-24(30-14)18-11-33(13-20(18)29)25(35)17-5-4-16(27)10-22(17)36-21-6-8-32(7-3-9-34)12-19(21)28/h4-5,10,19,21,29-30,34H,3,6-9,11-13H2,1-2H3/b24-18+,29-20?/t19-,21?/m0/s1. The molecule has 194 valence electrons. The summed E-state index contributed by atoms with van der Waals surface area (Å²) in [5.41, 5.74) is 2.24. The minimum atomic E-state index is -1.32. The molecule has 36 heavy (non-hydrogen) atoms. The van der Waals surface area contributed by atoms with Crippen LogP contribution < -0.4 is 10.1 Å². The molecule has 1 amide bonds. The van der Waals surface area contributed by atoms with Crippen LogP contribution in [0.4, 0.5) is 8.78 Å². The number of aliphatic imine (C=N–C) groups is 1. The number of halogens is 3. The second-order valence-electron chi connectivity index (χ2n) is 9.21. The van der Waals surface area contributed by atoms with Crippen LogP contribution in [0.1, 0.15) is 37.0 Å². The Morgan fingerprint density at radius 3 is 2.83 bits per heavy atom. The molecule has 0 aliphatic carbocycles. The topological polar surface area (TPSA) is 101 Å². The van der Waals surface area contributed by atoms with Gasteiger partial charge in [0.05, 0.1) is 35.1 Å². The summed E-state index contributed by atoms with van der Waals surface area (Å²) in [6, 6.07) is 3.60. The average Bonchev–Trinajstić information content (AvgIpc) is 3.23. The fraction of sp³-hybridized carbons (Fsp3) is 0.480. The molecular weight excluding hydrogens is 492 g/mol. The van der Waals surface area contributed by atoms with Crippen molar-refractivity contribution in [1.29, 1.82) is 5.41 Å². The Morgan fingerprint density at radius 1 is 1.36 bits per heavy atom. The lowest BCUT2D eigenvalue weighted by atomic mass is 10.0. The number of benzene rings is 1. The van der Waals surface area contributed by atoms with Gasteiger partial charge in [0.2, 0.25) is 0 Å². The summed E-state index contributed by atoms with van der Waals surface area (Å²) in [6.07, 6.45) is -1.20. The molecule has 2 saturated heterocycles. The average molecular weight is 522 g/mol. The summed E-state index contributed by atoms with van der Waals surface area (Å²) in [5.74, 6) is -0.578. The number of aliphatic hydroxyl groups excluding tert-OH is 1. The van der Waals surface area contributed by atoms with E-state index in [0.717, 1.165) is 12.1 Å². The number of nitrogens with zero attached hydrogens (tertiary/aromatic N) is 3. The highest BCUT2D eigenvalue weighted by Crippen LogP contribution is 2.29. The molecule has 2 atom stereocenters. The second-order valence-corrected chi connectivity index (χ2v) is 9.59. The lowest BCUT2D eigenvalue weighted by Crippen LogP contribution is -2.47. The molecule has 0 radical (unpaired) electrons. The summed E-state index contributed by atoms with van der Waals surface area (Å²) in [7, 11) is 0. The predicted octanol–water partition coefficient (Wildman–Crippen LogP) is 3.22. The van der Waals surface area contributed by atoms with E-state index in [-0.39, 0.29) is 43.3 Å². The van der Waals surface area contributed by atoms with Crippen LogP contribution in [0.2, 0.25) is 0 Å². The van der Waals surface area contributed by atoms with Crippen LogP contribution >= 0.6 is 11.6 Å². The largest absolute Gasteiger partial charge is 0.486 e. The zero-order valence-corrected chi connectivity index (χ0v) is 21.0. The van der Waals surface area contributed by atoms with Crippen LogP contribution in [0.3, 0.4) is 0 Å². The fourth-order valence-electron chi connectivity index (χ4n) is 4.56. The molecule has 1 aromatic rings. The van der Waals surface area contributed by atoms with Gasteiger partial charge < -0.3 is 30.4 Å². The van der Waals surface area contributed by atoms with Gasteiger partial charge in [-0.3, -0.25) is 4.79 Å². The summed E-state index contributed by atoms with van der Waals surface area (Å²) < 4.78 is 34.8. The minimum Gasteiger partial charge on any atom is -0.486 e. The highest BCUT2D eigenvalue weighted by Gasteiger charge is 2.34. The van der Waals surface area contributed by atoms with E-state index in [1.807, 2.05) is 4.90 Å². The summed E-state index contributed by atoms with van der Waals surface area (Å²) in [6.45, 7) is 5.12. The van der Waals surface area contributed by atoms with Crippen LogP contribution in [0.15, 0.2) is 45.3 Å². The number of hydrogen-bond acceptors (Lipinski definition) is 7. The maximum Gasteiger partial charge on any atom is 0.258 e. The van der Waals surface area contributed by atoms with E-state index in [9.17, 15) is 13.6 Å². The second kappa shape index (κ2) is 11.1. The van der Waals surface area contributed by atoms with Gasteiger partial charge in [-0.1, -0.05) is 11.6 Å². The molecule has 8 nitrogen and oxygen atoms in total. The Hall–Kier alpha value is -2.82. The summed E-state index contributed by atoms with van der Waals surface area (Å²) in [5, 5.41) is 21.0. The van der Waals surface area contributed by atoms with Crippen molar-refractivity contribution in [3.05, 3.63) is 51.7 Å². The zero-order valence-electron chi connectivity index (χ0n) is 20.3. The fourth-order valence-corrected chi connectivity index (χ4v) is 4.65. The van der Waals surface area contributed by atoms with E-state index in [1.54, 1.807) is 13.8 Å². The number of likely N-dealkylation sites (tertiary alicyclic amines) is 2. The third-order valence-corrected chi connectivity index (χ3v) is 7.08. The van der Waals surface area contributed by atoms with Crippen molar-refractivity contribution in [3.63, 3.8) is 0 Å². The highest BCUT2D eigenvalue weighted by atomic mass is 35.5. The molecule has 2 fully saturated rings. The van der Waals surface area contributed by atoms with Crippen molar-refractivity contribution >= 4 is 28.9 Å². The molecule has 11 heteroatoms. The maximum absolute atomic E-state index is 14.9. The third kappa shape index (κ3) is 5.61. The molecule has 1 unspecified atom stereocenters. The number of alkyl halides is 1. The van der Waals surface area contributed by atoms with Crippen molar-refractivity contribution in [2.24, 2.45) is 4.99 Å². The monoisotopic (exact) mass is 521 g/mol. The number of rotatable bonds is 6. The molecular formula is C25H30ClF2N5O3. The summed E-state index contributed by atoms with van der Waals surface area (Å²) >= 11 is 6.20. The first-order valence-corrected chi connectivity index (χ1v) is 12.3. The molecule has 1 aromatic carbocycles. The Kier molecular flexibility index (Phi) is 8.07. The van der Waals surface area contributed by atoms with Gasteiger partial charge in [-0.25, -0.2) is 13.8 Å². The number of nitrogens with one attached hydrogen (secondary N) is 2. The molecule has 0 aromatic heterocycles. The number of hydrogen-bond donors (Lipinski definition) is 3. The number of carbonyl (C=O) groups excluding carboxylic acids is 1. The van der Waals surface area contributed by atoms with Gasteiger partial charge in [-0.2, -0.15) is 0 Å². The van der Waals surface area contributed by atoms with Gasteiger partial charge in [-0.05, 0) is 38.8 Å². The number of amides is 1. The Labute approximate surface area is 213 Å². The molecule has 0 saturated carbocycles. The van der Waals surface area contributed by atoms with E-state index >= 15 is 0 Å². The van der Waals surface area contributed by atoms with E-state index in [1.165, 1.54) is 11.0 Å². The van der Waals surface area contributed by atoms with E-state index in [0.29, 0.717) is 53.8 Å². The van der Waals surface area contributed by atoms with Gasteiger partial charge in [0.25, 0.3) is 5.91 Å². The number of carbonyl (C=O) groups is 1. The van der Waals surface area contributed by atoms with Crippen LogP contribution in [0.25, 0.3) is 0 Å². The first kappa shape index (κ1) is 26.2. The number of ether oxygens (including phenoxy) is 1. The number of aliphatic hydroxyl groups is 1. The lowest BCUT2D eigenvalue weighted by Gasteiger charge is -2.35. The Balaban J connectivity index is 1.51. The van der Waals surface area contributed by atoms with E-state index in [4.69, 9.17) is 26.9 Å². The smallest absolute Gasteiger partial charge is 0.258 e. The molecule has 3 N–H and O–H groups in total. The molecule has 0 bridgehead atoms. The Morgan fingerprint density at radius 2 is 2.14 bits per heavy atom. The van der Waals surface area contributed by atoms with Gasteiger partial charge in [-0.15, -0.1) is 0 Å². The van der Waals surface area contributed by atoms with Crippen molar-refractivity contribution in [2.75, 3.05) is 39.3 Å². The zero-order chi connectivity index (χ0) is 26.0. The lowest BCUT2D eigenvalue weighted by molar-refractivity contribution is 0.0193. The number of allylic oxidation sites excluding steroid dienone is 2. The van der Waals surface area contributed by atoms with Crippen molar-refractivity contribution in [1.82, 2.24) is 15.1 Å². The van der Waals surface area contributed by atoms with Gasteiger partial charge in [0, 0.05) is 43.6 Å². The molecule has 3 aliphatic heterocycles. The Bertz CT molecular complexity index is 1150. The van der Waals surface area contributed by atoms with Crippen molar-refractivity contribution in [2.45, 2.75) is 39.0 Å².